The second-order valence-electron chi connectivity index (χ2n) is 4.27. The maximum absolute atomic E-state index is 13.1. The van der Waals surface area contributed by atoms with Crippen LogP contribution >= 0.6 is 23.5 Å². The summed E-state index contributed by atoms with van der Waals surface area (Å²) in [5.74, 6) is -1.27. The highest BCUT2D eigenvalue weighted by atomic mass is 32.2. The van der Waals surface area contributed by atoms with Crippen LogP contribution in [0.15, 0.2) is 27.8 Å². The molecule has 9 heteroatoms. The van der Waals surface area contributed by atoms with Crippen LogP contribution in [0.1, 0.15) is 12.8 Å². The second-order valence-corrected chi connectivity index (χ2v) is 6.43. The Morgan fingerprint density at radius 3 is 2.82 bits per heavy atom. The third kappa shape index (κ3) is 4.44. The van der Waals surface area contributed by atoms with Gasteiger partial charge in [0.25, 0.3) is 5.22 Å². The largest absolute Gasteiger partial charge is 0.415 e. The molecule has 0 spiro atoms. The molecule has 0 aliphatic heterocycles. The molecular formula is C13H13F2N3O2S2. The van der Waals surface area contributed by atoms with Gasteiger partial charge in [0.05, 0.1) is 11.0 Å². The number of thioether (sulfide) groups is 2. The third-order valence-electron chi connectivity index (χ3n) is 2.55. The van der Waals surface area contributed by atoms with E-state index < -0.39 is 16.9 Å². The molecule has 1 aromatic heterocycles. The molecule has 1 aromatic carbocycles. The lowest BCUT2D eigenvalue weighted by molar-refractivity contribution is -0.115. The fraction of sp³-hybridized carbons (Fsp3) is 0.308. The van der Waals surface area contributed by atoms with Crippen LogP contribution in [0.5, 0.6) is 0 Å². The standard InChI is InChI=1S/C13H13F2N3O2S2/c1-7(22-13-18-17-11(20-13)6-21-2)12(19)16-8-3-4-9(14)10(15)5-8/h3-5,7H,6H2,1-2H3,(H,16,19). The van der Waals surface area contributed by atoms with Crippen LogP contribution in [-0.2, 0) is 10.5 Å². The van der Waals surface area contributed by atoms with Crippen molar-refractivity contribution >= 4 is 35.1 Å². The Hall–Kier alpha value is -1.61. The van der Waals surface area contributed by atoms with Gasteiger partial charge in [-0.3, -0.25) is 4.79 Å². The minimum absolute atomic E-state index is 0.185. The molecule has 1 amide bonds. The van der Waals surface area contributed by atoms with Gasteiger partial charge in [-0.25, -0.2) is 8.78 Å². The molecule has 0 saturated heterocycles. The topological polar surface area (TPSA) is 68.0 Å². The zero-order chi connectivity index (χ0) is 16.1. The van der Waals surface area contributed by atoms with E-state index in [1.807, 2.05) is 6.26 Å². The summed E-state index contributed by atoms with van der Waals surface area (Å²) in [7, 11) is 0. The Kier molecular flexibility index (Phi) is 5.78. The Balaban J connectivity index is 1.94. The van der Waals surface area contributed by atoms with E-state index in [4.69, 9.17) is 4.42 Å². The molecule has 0 aliphatic carbocycles. The minimum Gasteiger partial charge on any atom is -0.415 e. The number of nitrogens with zero attached hydrogens (tertiary/aromatic N) is 2. The first-order chi connectivity index (χ1) is 10.5. The number of halogens is 2. The van der Waals surface area contributed by atoms with E-state index in [1.54, 1.807) is 18.7 Å². The lowest BCUT2D eigenvalue weighted by atomic mass is 10.3. The molecule has 0 fully saturated rings. The molecule has 22 heavy (non-hydrogen) atoms. The molecule has 1 heterocycles. The molecule has 5 nitrogen and oxygen atoms in total. The van der Waals surface area contributed by atoms with E-state index in [-0.39, 0.29) is 16.8 Å². The van der Waals surface area contributed by atoms with Gasteiger partial charge in [0.2, 0.25) is 11.8 Å². The molecule has 0 bridgehead atoms. The van der Waals surface area contributed by atoms with Crippen LogP contribution in [0.4, 0.5) is 14.5 Å². The van der Waals surface area contributed by atoms with E-state index in [0.29, 0.717) is 11.6 Å². The number of rotatable bonds is 6. The van der Waals surface area contributed by atoms with Crippen LogP contribution in [0.3, 0.4) is 0 Å². The first-order valence-corrected chi connectivity index (χ1v) is 8.51. The molecular weight excluding hydrogens is 332 g/mol. The zero-order valence-electron chi connectivity index (χ0n) is 11.8. The number of hydrogen-bond donors (Lipinski definition) is 1. The summed E-state index contributed by atoms with van der Waals surface area (Å²) in [4.78, 5) is 12.0. The average molecular weight is 345 g/mol. The van der Waals surface area contributed by atoms with Gasteiger partial charge < -0.3 is 9.73 Å². The summed E-state index contributed by atoms with van der Waals surface area (Å²) in [6.07, 6.45) is 1.91. The van der Waals surface area contributed by atoms with Crippen molar-refractivity contribution in [3.63, 3.8) is 0 Å². The Bertz CT molecular complexity index is 666. The van der Waals surface area contributed by atoms with Crippen molar-refractivity contribution in [1.29, 1.82) is 0 Å². The molecule has 2 rings (SSSR count). The number of carbonyl (C=O) groups is 1. The summed E-state index contributed by atoms with van der Waals surface area (Å²) in [6.45, 7) is 1.65. The van der Waals surface area contributed by atoms with Crippen molar-refractivity contribution in [2.24, 2.45) is 0 Å². The maximum Gasteiger partial charge on any atom is 0.277 e. The molecule has 118 valence electrons. The van der Waals surface area contributed by atoms with E-state index >= 15 is 0 Å². The Labute approximate surface area is 134 Å². The van der Waals surface area contributed by atoms with Gasteiger partial charge in [-0.15, -0.1) is 10.2 Å². The van der Waals surface area contributed by atoms with Gasteiger partial charge >= 0.3 is 0 Å². The van der Waals surface area contributed by atoms with Gasteiger partial charge in [0.1, 0.15) is 0 Å². The number of amides is 1. The molecule has 0 saturated carbocycles. The number of benzene rings is 1. The predicted molar refractivity (Wildman–Crippen MR) is 81.8 cm³/mol. The number of carbonyl (C=O) groups excluding carboxylic acids is 1. The smallest absolute Gasteiger partial charge is 0.277 e. The van der Waals surface area contributed by atoms with Crippen LogP contribution in [-0.4, -0.2) is 27.6 Å². The van der Waals surface area contributed by atoms with Gasteiger partial charge in [0, 0.05) is 11.8 Å². The fourth-order valence-corrected chi connectivity index (χ4v) is 2.55. The number of nitrogens with one attached hydrogen (secondary N) is 1. The van der Waals surface area contributed by atoms with E-state index in [2.05, 4.69) is 15.5 Å². The molecule has 2 aromatic rings. The Morgan fingerprint density at radius 2 is 2.14 bits per heavy atom. The third-order valence-corrected chi connectivity index (χ3v) is 4.02. The fourth-order valence-electron chi connectivity index (χ4n) is 1.49. The molecule has 1 unspecified atom stereocenters. The minimum atomic E-state index is -1.02. The van der Waals surface area contributed by atoms with Crippen molar-refractivity contribution < 1.29 is 18.0 Å². The summed E-state index contributed by atoms with van der Waals surface area (Å²) in [5.41, 5.74) is 0.185. The second kappa shape index (κ2) is 7.59. The summed E-state index contributed by atoms with van der Waals surface area (Å²) >= 11 is 2.64. The highest BCUT2D eigenvalue weighted by Crippen LogP contribution is 2.24. The van der Waals surface area contributed by atoms with E-state index in [0.717, 1.165) is 23.9 Å². The maximum atomic E-state index is 13.1. The first kappa shape index (κ1) is 16.8. The highest BCUT2D eigenvalue weighted by Gasteiger charge is 2.18. The van der Waals surface area contributed by atoms with Crippen molar-refractivity contribution in [3.05, 3.63) is 35.7 Å². The average Bonchev–Trinajstić information content (AvgIpc) is 2.90. The monoisotopic (exact) mass is 345 g/mol. The lowest BCUT2D eigenvalue weighted by Gasteiger charge is -2.10. The summed E-state index contributed by atoms with van der Waals surface area (Å²) < 4.78 is 31.3. The van der Waals surface area contributed by atoms with Gasteiger partial charge in [0.15, 0.2) is 11.6 Å². The van der Waals surface area contributed by atoms with Crippen LogP contribution < -0.4 is 5.32 Å². The molecule has 0 radical (unpaired) electrons. The summed E-state index contributed by atoms with van der Waals surface area (Å²) in [5, 5.41) is 9.93. The van der Waals surface area contributed by atoms with E-state index in [9.17, 15) is 13.6 Å². The Morgan fingerprint density at radius 1 is 1.36 bits per heavy atom. The first-order valence-electron chi connectivity index (χ1n) is 6.23. The van der Waals surface area contributed by atoms with Crippen molar-refractivity contribution in [2.75, 3.05) is 11.6 Å². The van der Waals surface area contributed by atoms with Gasteiger partial charge in [-0.1, -0.05) is 11.8 Å². The van der Waals surface area contributed by atoms with Crippen LogP contribution in [0.2, 0.25) is 0 Å². The zero-order valence-corrected chi connectivity index (χ0v) is 13.4. The normalized spacial score (nSPS) is 12.2. The number of anilines is 1. The highest BCUT2D eigenvalue weighted by molar-refractivity contribution is 8.00. The van der Waals surface area contributed by atoms with Crippen molar-refractivity contribution in [2.45, 2.75) is 23.1 Å². The van der Waals surface area contributed by atoms with Gasteiger partial charge in [-0.05, 0) is 25.3 Å². The number of aromatic nitrogens is 2. The SMILES string of the molecule is CSCc1nnc(SC(C)C(=O)Nc2ccc(F)c(F)c2)o1. The van der Waals surface area contributed by atoms with Crippen molar-refractivity contribution in [1.82, 2.24) is 10.2 Å². The summed E-state index contributed by atoms with van der Waals surface area (Å²) in [6, 6.07) is 3.17. The van der Waals surface area contributed by atoms with Crippen LogP contribution in [0.25, 0.3) is 0 Å². The molecule has 1 atom stereocenters. The van der Waals surface area contributed by atoms with Crippen LogP contribution in [0, 0.1) is 11.6 Å². The molecule has 1 N–H and O–H groups in total. The predicted octanol–water partition coefficient (Wildman–Crippen LogP) is 3.33. The molecule has 0 aliphatic rings. The van der Waals surface area contributed by atoms with Gasteiger partial charge in [-0.2, -0.15) is 11.8 Å². The van der Waals surface area contributed by atoms with E-state index in [1.165, 1.54) is 6.07 Å². The lowest BCUT2D eigenvalue weighted by Crippen LogP contribution is -2.22. The number of hydrogen-bond acceptors (Lipinski definition) is 6. The quantitative estimate of drug-likeness (QED) is 0.810. The van der Waals surface area contributed by atoms with Crippen molar-refractivity contribution in [3.8, 4) is 0 Å².